The zero-order chi connectivity index (χ0) is 20.6. The summed E-state index contributed by atoms with van der Waals surface area (Å²) in [4.78, 5) is 16.1. The van der Waals surface area contributed by atoms with Gasteiger partial charge in [-0.2, -0.15) is 0 Å². The van der Waals surface area contributed by atoms with Gasteiger partial charge in [0.1, 0.15) is 29.9 Å². The molecule has 0 unspecified atom stereocenters. The van der Waals surface area contributed by atoms with Gasteiger partial charge >= 0.3 is 0 Å². The first-order valence-corrected chi connectivity index (χ1v) is 10.3. The second-order valence-corrected chi connectivity index (χ2v) is 7.67. The Hall–Kier alpha value is -2.33. The first-order valence-electron chi connectivity index (χ1n) is 9.97. The first kappa shape index (κ1) is 21.4. The van der Waals surface area contributed by atoms with E-state index in [1.165, 1.54) is 12.1 Å². The Morgan fingerprint density at radius 2 is 1.86 bits per heavy atom. The molecule has 154 valence electrons. The lowest BCUT2D eigenvalue weighted by Crippen LogP contribution is -2.52. The molecular formula is C23H26ClFN2O2. The second kappa shape index (κ2) is 10.4. The van der Waals surface area contributed by atoms with E-state index in [2.05, 4.69) is 22.7 Å². The molecule has 0 bridgehead atoms. The van der Waals surface area contributed by atoms with Gasteiger partial charge in [-0.05, 0) is 48.4 Å². The highest BCUT2D eigenvalue weighted by molar-refractivity contribution is 6.30. The molecule has 0 saturated carbocycles. The van der Waals surface area contributed by atoms with Gasteiger partial charge in [0.15, 0.2) is 0 Å². The zero-order valence-corrected chi connectivity index (χ0v) is 17.4. The molecule has 0 spiro atoms. The van der Waals surface area contributed by atoms with Crippen LogP contribution in [0, 0.1) is 5.82 Å². The Bertz CT molecular complexity index is 835. The summed E-state index contributed by atoms with van der Waals surface area (Å²) < 4.78 is 19.1. The summed E-state index contributed by atoms with van der Waals surface area (Å²) in [5, 5.41) is 0.666. The Morgan fingerprint density at radius 1 is 1.14 bits per heavy atom. The molecule has 1 atom stereocenters. The molecule has 29 heavy (non-hydrogen) atoms. The van der Waals surface area contributed by atoms with Gasteiger partial charge in [0.2, 0.25) is 0 Å². The molecule has 2 aromatic rings. The molecule has 1 fully saturated rings. The van der Waals surface area contributed by atoms with Crippen LogP contribution in [0.25, 0.3) is 0 Å². The van der Waals surface area contributed by atoms with Crippen LogP contribution in [0.3, 0.4) is 0 Å². The van der Waals surface area contributed by atoms with Gasteiger partial charge in [-0.15, -0.1) is 0 Å². The van der Waals surface area contributed by atoms with E-state index in [0.29, 0.717) is 30.5 Å². The van der Waals surface area contributed by atoms with E-state index >= 15 is 0 Å². The molecule has 4 nitrogen and oxygen atoms in total. The highest BCUT2D eigenvalue weighted by atomic mass is 35.5. The van der Waals surface area contributed by atoms with Gasteiger partial charge in [0, 0.05) is 24.7 Å². The fourth-order valence-electron chi connectivity index (χ4n) is 3.58. The number of unbranched alkanes of at least 4 members (excludes halogenated alkanes) is 1. The van der Waals surface area contributed by atoms with Crippen molar-refractivity contribution in [3.63, 3.8) is 0 Å². The molecule has 0 N–H and O–H groups in total. The van der Waals surface area contributed by atoms with Crippen LogP contribution in [0.4, 0.5) is 4.39 Å². The molecule has 1 saturated heterocycles. The van der Waals surface area contributed by atoms with E-state index in [9.17, 15) is 9.18 Å². The van der Waals surface area contributed by atoms with E-state index in [4.69, 9.17) is 16.3 Å². The molecule has 0 aromatic heterocycles. The minimum absolute atomic E-state index is 0.0473. The van der Waals surface area contributed by atoms with Crippen molar-refractivity contribution < 1.29 is 13.9 Å². The number of hydrogen-bond donors (Lipinski definition) is 0. The SMILES string of the molecule is CCCC[C@H]1C(=C=O)N(Cc2ccc(F)cc2)CCN1COc1ccc(Cl)cc1. The summed E-state index contributed by atoms with van der Waals surface area (Å²) in [7, 11) is 0. The number of nitrogens with zero attached hydrogens (tertiary/aromatic N) is 2. The number of halogens is 2. The largest absolute Gasteiger partial charge is 0.478 e. The predicted octanol–water partition coefficient (Wildman–Crippen LogP) is 4.91. The van der Waals surface area contributed by atoms with Crippen molar-refractivity contribution in [2.24, 2.45) is 0 Å². The third-order valence-corrected chi connectivity index (χ3v) is 5.44. The molecule has 0 aliphatic carbocycles. The standard InChI is InChI=1S/C23H26ClFN2O2/c1-2-3-4-22-23(16-28)26(15-18-5-9-20(25)10-6-18)13-14-27(22)17-29-21-11-7-19(24)8-12-21/h5-12,22H,2-4,13-15,17H2,1H3/t22-/m0/s1. The van der Waals surface area contributed by atoms with Gasteiger partial charge in [0.05, 0.1) is 6.04 Å². The minimum Gasteiger partial charge on any atom is -0.478 e. The lowest BCUT2D eigenvalue weighted by molar-refractivity contribution is 0.0436. The van der Waals surface area contributed by atoms with Crippen molar-refractivity contribution >= 4 is 17.5 Å². The Balaban J connectivity index is 1.70. The Kier molecular flexibility index (Phi) is 7.70. The van der Waals surface area contributed by atoms with Crippen LogP contribution in [-0.2, 0) is 11.3 Å². The van der Waals surface area contributed by atoms with Gasteiger partial charge in [-0.25, -0.2) is 9.18 Å². The van der Waals surface area contributed by atoms with Crippen molar-refractivity contribution in [2.45, 2.75) is 38.8 Å². The maximum atomic E-state index is 13.2. The molecule has 0 amide bonds. The highest BCUT2D eigenvalue weighted by Gasteiger charge is 2.32. The van der Waals surface area contributed by atoms with Gasteiger partial charge in [-0.1, -0.05) is 43.5 Å². The summed E-state index contributed by atoms with van der Waals surface area (Å²) in [5.41, 5.74) is 1.62. The quantitative estimate of drug-likeness (QED) is 0.572. The topological polar surface area (TPSA) is 32.8 Å². The van der Waals surface area contributed by atoms with E-state index in [1.807, 2.05) is 12.1 Å². The van der Waals surface area contributed by atoms with E-state index in [-0.39, 0.29) is 11.9 Å². The maximum Gasteiger partial charge on any atom is 0.147 e. The number of rotatable bonds is 8. The molecule has 1 aliphatic rings. The fourth-order valence-corrected chi connectivity index (χ4v) is 3.70. The van der Waals surface area contributed by atoms with Crippen LogP contribution in [-0.4, -0.2) is 41.6 Å². The summed E-state index contributed by atoms with van der Waals surface area (Å²) in [6, 6.07) is 13.6. The Labute approximate surface area is 176 Å². The summed E-state index contributed by atoms with van der Waals surface area (Å²) in [5.74, 6) is 2.67. The number of hydrogen-bond acceptors (Lipinski definition) is 4. The smallest absolute Gasteiger partial charge is 0.147 e. The molecular weight excluding hydrogens is 391 g/mol. The summed E-state index contributed by atoms with van der Waals surface area (Å²) in [6.45, 7) is 4.56. The Morgan fingerprint density at radius 3 is 2.52 bits per heavy atom. The van der Waals surface area contributed by atoms with Crippen LogP contribution < -0.4 is 4.74 Å². The normalized spacial score (nSPS) is 17.3. The predicted molar refractivity (Wildman–Crippen MR) is 113 cm³/mol. The summed E-state index contributed by atoms with van der Waals surface area (Å²) in [6.07, 6.45) is 2.93. The number of carbonyl (C=O) groups excluding carboxylic acids is 1. The monoisotopic (exact) mass is 416 g/mol. The van der Waals surface area contributed by atoms with E-state index < -0.39 is 0 Å². The number of piperazine rings is 1. The highest BCUT2D eigenvalue weighted by Crippen LogP contribution is 2.26. The first-order chi connectivity index (χ1) is 14.1. The van der Waals surface area contributed by atoms with Crippen LogP contribution in [0.5, 0.6) is 5.75 Å². The van der Waals surface area contributed by atoms with E-state index in [0.717, 1.165) is 37.1 Å². The van der Waals surface area contributed by atoms with Crippen LogP contribution in [0.1, 0.15) is 31.7 Å². The lowest BCUT2D eigenvalue weighted by Gasteiger charge is -2.42. The zero-order valence-electron chi connectivity index (χ0n) is 16.6. The van der Waals surface area contributed by atoms with Gasteiger partial charge in [-0.3, -0.25) is 4.90 Å². The van der Waals surface area contributed by atoms with Crippen molar-refractivity contribution in [3.8, 4) is 5.75 Å². The van der Waals surface area contributed by atoms with Crippen LogP contribution >= 0.6 is 11.6 Å². The van der Waals surface area contributed by atoms with Crippen LogP contribution in [0.2, 0.25) is 5.02 Å². The molecule has 0 radical (unpaired) electrons. The van der Waals surface area contributed by atoms with Crippen molar-refractivity contribution in [3.05, 3.63) is 70.6 Å². The lowest BCUT2D eigenvalue weighted by atomic mass is 10.0. The third kappa shape index (κ3) is 5.83. The molecule has 1 aliphatic heterocycles. The van der Waals surface area contributed by atoms with Gasteiger partial charge < -0.3 is 9.64 Å². The average molecular weight is 417 g/mol. The maximum absolute atomic E-state index is 13.2. The van der Waals surface area contributed by atoms with Crippen molar-refractivity contribution in [2.75, 3.05) is 19.8 Å². The van der Waals surface area contributed by atoms with Crippen molar-refractivity contribution in [1.29, 1.82) is 0 Å². The average Bonchev–Trinajstić information content (AvgIpc) is 2.74. The van der Waals surface area contributed by atoms with E-state index in [1.54, 1.807) is 24.3 Å². The summed E-state index contributed by atoms with van der Waals surface area (Å²) >= 11 is 5.93. The molecule has 3 rings (SSSR count). The molecule has 6 heteroatoms. The second-order valence-electron chi connectivity index (χ2n) is 7.23. The van der Waals surface area contributed by atoms with Crippen LogP contribution in [0.15, 0.2) is 54.2 Å². The molecule has 1 heterocycles. The minimum atomic E-state index is -0.259. The number of ether oxygens (including phenoxy) is 1. The number of benzene rings is 2. The van der Waals surface area contributed by atoms with Crippen molar-refractivity contribution in [1.82, 2.24) is 9.80 Å². The molecule has 2 aromatic carbocycles. The fraction of sp³-hybridized carbons (Fsp3) is 0.391. The third-order valence-electron chi connectivity index (χ3n) is 5.19. The van der Waals surface area contributed by atoms with Gasteiger partial charge in [0.25, 0.3) is 0 Å².